The topological polar surface area (TPSA) is 76.1 Å². The molecule has 1 aromatic rings. The number of fused-ring (bicyclic) bond motifs is 1. The molecule has 1 amide bonds. The molecule has 2 N–H and O–H groups in total. The number of carbonyl (C=O) groups excluding carboxylic acids is 1. The number of ether oxygens (including phenoxy) is 1. The lowest BCUT2D eigenvalue weighted by molar-refractivity contribution is -0.113. The number of aromatic nitrogens is 2. The van der Waals surface area contributed by atoms with E-state index in [1.54, 1.807) is 11.8 Å². The van der Waals surface area contributed by atoms with Crippen molar-refractivity contribution < 1.29 is 9.53 Å². The van der Waals surface area contributed by atoms with Gasteiger partial charge in [0.1, 0.15) is 5.82 Å². The monoisotopic (exact) mass is 311 g/mol. The number of nitrogens with zero attached hydrogens (tertiary/aromatic N) is 1. The van der Waals surface area contributed by atoms with Crippen molar-refractivity contribution in [3.8, 4) is 0 Å². The molecule has 21 heavy (non-hydrogen) atoms. The maximum absolute atomic E-state index is 12.4. The fourth-order valence-electron chi connectivity index (χ4n) is 3.01. The third-order valence-electron chi connectivity index (χ3n) is 4.06. The van der Waals surface area contributed by atoms with Crippen molar-refractivity contribution in [1.29, 1.82) is 0 Å². The quantitative estimate of drug-likeness (QED) is 0.875. The first kappa shape index (κ1) is 14.7. The van der Waals surface area contributed by atoms with Crippen molar-refractivity contribution in [2.45, 2.75) is 38.0 Å². The molecule has 1 aromatic heterocycles. The van der Waals surface area contributed by atoms with Crippen LogP contribution in [0.15, 0.2) is 4.79 Å². The smallest absolute Gasteiger partial charge is 0.270 e. The first-order valence-corrected chi connectivity index (χ1v) is 8.46. The Labute approximate surface area is 127 Å². The molecule has 3 rings (SSSR count). The molecule has 2 aliphatic rings. The van der Waals surface area contributed by atoms with E-state index in [-0.39, 0.29) is 22.8 Å². The van der Waals surface area contributed by atoms with Crippen LogP contribution in [0.3, 0.4) is 0 Å². The normalized spacial score (nSPS) is 23.8. The number of nitrogens with one attached hydrogen (secondary N) is 2. The Balaban J connectivity index is 2.06. The minimum Gasteiger partial charge on any atom is -0.381 e. The number of thioether (sulfide) groups is 1. The van der Waals surface area contributed by atoms with E-state index in [4.69, 9.17) is 4.74 Å². The molecule has 0 bridgehead atoms. The number of H-pyrrole nitrogens is 1. The number of amides is 1. The predicted molar refractivity (Wildman–Crippen MR) is 82.8 cm³/mol. The molecule has 1 fully saturated rings. The molecule has 2 aliphatic heterocycles. The van der Waals surface area contributed by atoms with Crippen molar-refractivity contribution in [3.05, 3.63) is 15.9 Å². The summed E-state index contributed by atoms with van der Waals surface area (Å²) in [6.45, 7) is 5.55. The van der Waals surface area contributed by atoms with Crippen LogP contribution in [0.2, 0.25) is 0 Å². The highest BCUT2D eigenvalue weighted by molar-refractivity contribution is 8.00. The summed E-state index contributed by atoms with van der Waals surface area (Å²) in [6, 6.07) is 0.186. The van der Waals surface area contributed by atoms with Gasteiger partial charge in [0, 0.05) is 18.5 Å². The molecule has 3 heterocycles. The summed E-state index contributed by atoms with van der Waals surface area (Å²) in [4.78, 5) is 24.4. The fourth-order valence-corrected chi connectivity index (χ4v) is 4.19. The van der Waals surface area contributed by atoms with Crippen LogP contribution in [0.1, 0.15) is 43.5 Å². The summed E-state index contributed by atoms with van der Waals surface area (Å²) in [5.41, 5.74) is 0.636. The fraction of sp³-hybridized carbons (Fsp3) is 0.714. The average Bonchev–Trinajstić information content (AvgIpc) is 2.67. The number of rotatable bonds is 2. The van der Waals surface area contributed by atoms with Gasteiger partial charge in [-0.3, -0.25) is 19.4 Å². The summed E-state index contributed by atoms with van der Waals surface area (Å²) in [7, 11) is 0. The molecule has 1 unspecified atom stereocenters. The molecular weight excluding hydrogens is 290 g/mol. The largest absolute Gasteiger partial charge is 0.381 e. The lowest BCUT2D eigenvalue weighted by Gasteiger charge is -2.25. The SMILES string of the molecule is CC(C)C1SCC(=O)Nc2c1c(=O)[nH]n2C1CCOCC1. The van der Waals surface area contributed by atoms with Gasteiger partial charge in [-0.2, -0.15) is 0 Å². The molecule has 1 saturated heterocycles. The van der Waals surface area contributed by atoms with E-state index in [0.29, 0.717) is 36.3 Å². The van der Waals surface area contributed by atoms with Crippen molar-refractivity contribution in [2.24, 2.45) is 5.92 Å². The highest BCUT2D eigenvalue weighted by atomic mass is 32.2. The van der Waals surface area contributed by atoms with E-state index in [1.165, 1.54) is 0 Å². The van der Waals surface area contributed by atoms with Gasteiger partial charge in [-0.25, -0.2) is 0 Å². The van der Waals surface area contributed by atoms with Gasteiger partial charge >= 0.3 is 0 Å². The summed E-state index contributed by atoms with van der Waals surface area (Å²) in [5.74, 6) is 1.32. The zero-order valence-electron chi connectivity index (χ0n) is 12.3. The van der Waals surface area contributed by atoms with Gasteiger partial charge < -0.3 is 10.1 Å². The van der Waals surface area contributed by atoms with Gasteiger partial charge in [0.05, 0.1) is 17.4 Å². The van der Waals surface area contributed by atoms with Crippen LogP contribution < -0.4 is 10.9 Å². The Morgan fingerprint density at radius 3 is 2.67 bits per heavy atom. The highest BCUT2D eigenvalue weighted by Crippen LogP contribution is 2.40. The van der Waals surface area contributed by atoms with Crippen LogP contribution >= 0.6 is 11.8 Å². The van der Waals surface area contributed by atoms with Gasteiger partial charge in [-0.15, -0.1) is 11.8 Å². The Kier molecular flexibility index (Phi) is 4.12. The molecule has 0 radical (unpaired) electrons. The van der Waals surface area contributed by atoms with E-state index in [1.807, 2.05) is 4.68 Å². The van der Waals surface area contributed by atoms with E-state index in [2.05, 4.69) is 24.3 Å². The lowest BCUT2D eigenvalue weighted by atomic mass is 10.0. The predicted octanol–water partition coefficient (Wildman–Crippen LogP) is 1.91. The van der Waals surface area contributed by atoms with Gasteiger partial charge in [-0.1, -0.05) is 13.8 Å². The van der Waals surface area contributed by atoms with Crippen molar-refractivity contribution in [3.63, 3.8) is 0 Å². The standard InChI is InChI=1S/C14H21N3O3S/c1-8(2)12-11-13(15-10(18)7-21-12)17(16-14(11)19)9-3-5-20-6-4-9/h8-9,12H,3-7H2,1-2H3,(H,15,18)(H,16,19). The third kappa shape index (κ3) is 2.76. The number of hydrogen-bond acceptors (Lipinski definition) is 4. The Morgan fingerprint density at radius 1 is 1.29 bits per heavy atom. The first-order chi connectivity index (χ1) is 10.1. The van der Waals surface area contributed by atoms with Gasteiger partial charge in [0.2, 0.25) is 5.91 Å². The second kappa shape index (κ2) is 5.88. The second-order valence-electron chi connectivity index (χ2n) is 5.94. The Bertz CT molecular complexity index is 587. The molecule has 0 aromatic carbocycles. The summed E-state index contributed by atoms with van der Waals surface area (Å²) in [5, 5.41) is 5.91. The molecule has 0 spiro atoms. The number of aromatic amines is 1. The molecule has 1 atom stereocenters. The zero-order valence-corrected chi connectivity index (χ0v) is 13.2. The van der Waals surface area contributed by atoms with Crippen LogP contribution in [0, 0.1) is 5.92 Å². The molecule has 0 saturated carbocycles. The Hall–Kier alpha value is -1.21. The Morgan fingerprint density at radius 2 is 2.00 bits per heavy atom. The molecule has 6 nitrogen and oxygen atoms in total. The van der Waals surface area contributed by atoms with E-state index >= 15 is 0 Å². The zero-order chi connectivity index (χ0) is 15.0. The van der Waals surface area contributed by atoms with Crippen LogP contribution in [0.4, 0.5) is 5.82 Å². The maximum Gasteiger partial charge on any atom is 0.270 e. The molecular formula is C14H21N3O3S. The average molecular weight is 311 g/mol. The number of anilines is 1. The summed E-state index contributed by atoms with van der Waals surface area (Å²) >= 11 is 1.55. The first-order valence-electron chi connectivity index (χ1n) is 7.41. The minimum absolute atomic E-state index is 0.0378. The van der Waals surface area contributed by atoms with Gasteiger partial charge in [0.15, 0.2) is 0 Å². The molecule has 116 valence electrons. The van der Waals surface area contributed by atoms with Gasteiger partial charge in [0.25, 0.3) is 5.56 Å². The van der Waals surface area contributed by atoms with Gasteiger partial charge in [-0.05, 0) is 18.8 Å². The van der Waals surface area contributed by atoms with Crippen LogP contribution in [0.5, 0.6) is 0 Å². The van der Waals surface area contributed by atoms with Crippen LogP contribution in [-0.2, 0) is 9.53 Å². The molecule has 0 aliphatic carbocycles. The lowest BCUT2D eigenvalue weighted by Crippen LogP contribution is -2.24. The van der Waals surface area contributed by atoms with Crippen molar-refractivity contribution in [2.75, 3.05) is 24.3 Å². The van der Waals surface area contributed by atoms with Crippen molar-refractivity contribution >= 4 is 23.5 Å². The van der Waals surface area contributed by atoms with E-state index < -0.39 is 0 Å². The maximum atomic E-state index is 12.4. The van der Waals surface area contributed by atoms with Crippen molar-refractivity contribution in [1.82, 2.24) is 9.78 Å². The second-order valence-corrected chi connectivity index (χ2v) is 7.07. The number of hydrogen-bond donors (Lipinski definition) is 2. The minimum atomic E-state index is -0.0788. The van der Waals surface area contributed by atoms with E-state index in [9.17, 15) is 9.59 Å². The number of carbonyl (C=O) groups is 1. The van der Waals surface area contributed by atoms with Crippen LogP contribution in [0.25, 0.3) is 0 Å². The summed E-state index contributed by atoms with van der Waals surface area (Å²) < 4.78 is 7.24. The highest BCUT2D eigenvalue weighted by Gasteiger charge is 2.32. The van der Waals surface area contributed by atoms with Crippen LogP contribution in [-0.4, -0.2) is 34.7 Å². The van der Waals surface area contributed by atoms with E-state index in [0.717, 1.165) is 12.8 Å². The molecule has 7 heteroatoms. The summed E-state index contributed by atoms with van der Waals surface area (Å²) in [6.07, 6.45) is 1.71. The third-order valence-corrected chi connectivity index (χ3v) is 5.63.